The predicted molar refractivity (Wildman–Crippen MR) is 79.4 cm³/mol. The molecule has 0 radical (unpaired) electrons. The average Bonchev–Trinajstić information content (AvgIpc) is 2.79. The number of rotatable bonds is 5. The summed E-state index contributed by atoms with van der Waals surface area (Å²) < 4.78 is 4.60. The molecule has 23 heavy (non-hydrogen) atoms. The van der Waals surface area contributed by atoms with Crippen molar-refractivity contribution in [3.63, 3.8) is 0 Å². The van der Waals surface area contributed by atoms with E-state index >= 15 is 0 Å². The summed E-state index contributed by atoms with van der Waals surface area (Å²) in [7, 11) is 2.80. The highest BCUT2D eigenvalue weighted by atomic mass is 16.5. The topological polar surface area (TPSA) is 96.0 Å². The van der Waals surface area contributed by atoms with Crippen LogP contribution < -0.4 is 5.32 Å². The number of ether oxygens (including phenoxy) is 1. The van der Waals surface area contributed by atoms with Crippen LogP contribution in [0.2, 0.25) is 0 Å². The average molecular weight is 319 g/mol. The highest BCUT2D eigenvalue weighted by molar-refractivity contribution is 6.04. The van der Waals surface area contributed by atoms with Gasteiger partial charge in [0.15, 0.2) is 0 Å². The molecular weight excluding hydrogens is 302 g/mol. The van der Waals surface area contributed by atoms with Crippen LogP contribution in [0.4, 0.5) is 4.79 Å². The Hall–Kier alpha value is -2.90. The summed E-state index contributed by atoms with van der Waals surface area (Å²) in [6.07, 6.45) is 0. The Morgan fingerprint density at radius 3 is 2.39 bits per heavy atom. The van der Waals surface area contributed by atoms with Crippen molar-refractivity contribution in [1.82, 2.24) is 15.1 Å². The molecule has 0 aromatic heterocycles. The summed E-state index contributed by atoms with van der Waals surface area (Å²) in [6, 6.07) is 6.08. The number of carbonyl (C=O) groups excluding carboxylic acids is 4. The second-order valence-electron chi connectivity index (χ2n) is 5.08. The third kappa shape index (κ3) is 3.85. The van der Waals surface area contributed by atoms with Crippen LogP contribution in [0.15, 0.2) is 24.3 Å². The molecule has 4 amide bonds. The number of methoxy groups -OCH3 is 1. The SMILES string of the molecule is COC(=O)c1ccc(CNC(=O)CN2C(=O)CN(C)C2=O)cc1. The zero-order valence-corrected chi connectivity index (χ0v) is 12.9. The zero-order valence-electron chi connectivity index (χ0n) is 12.9. The molecule has 1 saturated heterocycles. The number of carbonyl (C=O) groups is 4. The van der Waals surface area contributed by atoms with Crippen LogP contribution in [-0.2, 0) is 20.9 Å². The smallest absolute Gasteiger partial charge is 0.337 e. The van der Waals surface area contributed by atoms with Crippen molar-refractivity contribution in [2.75, 3.05) is 27.2 Å². The molecule has 8 heteroatoms. The van der Waals surface area contributed by atoms with Gasteiger partial charge in [0.2, 0.25) is 5.91 Å². The Morgan fingerprint density at radius 1 is 1.22 bits per heavy atom. The number of amides is 4. The first-order valence-corrected chi connectivity index (χ1v) is 6.91. The molecule has 0 unspecified atom stereocenters. The number of hydrogen-bond donors (Lipinski definition) is 1. The molecule has 1 aromatic carbocycles. The molecule has 1 heterocycles. The van der Waals surface area contributed by atoms with Gasteiger partial charge in [-0.25, -0.2) is 9.59 Å². The molecule has 122 valence electrons. The molecule has 2 rings (SSSR count). The van der Waals surface area contributed by atoms with Gasteiger partial charge in [-0.1, -0.05) is 12.1 Å². The summed E-state index contributed by atoms with van der Waals surface area (Å²) in [5.41, 5.74) is 1.20. The van der Waals surface area contributed by atoms with Crippen LogP contribution in [0, 0.1) is 0 Å². The lowest BCUT2D eigenvalue weighted by Crippen LogP contribution is -2.40. The fourth-order valence-corrected chi connectivity index (χ4v) is 2.10. The van der Waals surface area contributed by atoms with Gasteiger partial charge in [0.05, 0.1) is 12.7 Å². The molecule has 1 aliphatic rings. The van der Waals surface area contributed by atoms with Crippen molar-refractivity contribution >= 4 is 23.8 Å². The third-order valence-corrected chi connectivity index (χ3v) is 3.40. The maximum absolute atomic E-state index is 11.8. The number of nitrogens with one attached hydrogen (secondary N) is 1. The minimum absolute atomic E-state index is 0.0128. The predicted octanol–water partition coefficient (Wildman–Crippen LogP) is -0.0166. The van der Waals surface area contributed by atoms with Gasteiger partial charge >= 0.3 is 12.0 Å². The molecule has 8 nitrogen and oxygen atoms in total. The first kappa shape index (κ1) is 16.5. The van der Waals surface area contributed by atoms with Gasteiger partial charge in [-0.2, -0.15) is 0 Å². The van der Waals surface area contributed by atoms with Crippen LogP contribution >= 0.6 is 0 Å². The van der Waals surface area contributed by atoms with E-state index in [1.165, 1.54) is 19.1 Å². The summed E-state index contributed by atoms with van der Waals surface area (Å²) >= 11 is 0. The van der Waals surface area contributed by atoms with Gasteiger partial charge in [0.25, 0.3) is 5.91 Å². The van der Waals surface area contributed by atoms with Gasteiger partial charge in [0.1, 0.15) is 13.1 Å². The van der Waals surface area contributed by atoms with Gasteiger partial charge in [-0.15, -0.1) is 0 Å². The third-order valence-electron chi connectivity index (χ3n) is 3.40. The summed E-state index contributed by atoms with van der Waals surface area (Å²) in [4.78, 5) is 48.5. The zero-order chi connectivity index (χ0) is 17.0. The Balaban J connectivity index is 1.86. The van der Waals surface area contributed by atoms with Crippen molar-refractivity contribution in [3.8, 4) is 0 Å². The fourth-order valence-electron chi connectivity index (χ4n) is 2.10. The van der Waals surface area contributed by atoms with Crippen LogP contribution in [-0.4, -0.2) is 60.9 Å². The number of urea groups is 1. The number of benzene rings is 1. The monoisotopic (exact) mass is 319 g/mol. The van der Waals surface area contributed by atoms with Crippen LogP contribution in [0.5, 0.6) is 0 Å². The molecule has 0 spiro atoms. The lowest BCUT2D eigenvalue weighted by Gasteiger charge is -2.13. The van der Waals surface area contributed by atoms with Crippen LogP contribution in [0.3, 0.4) is 0 Å². The summed E-state index contributed by atoms with van der Waals surface area (Å²) in [5, 5.41) is 2.62. The van der Waals surface area contributed by atoms with Crippen molar-refractivity contribution < 1.29 is 23.9 Å². The molecular formula is C15H17N3O5. The molecule has 1 N–H and O–H groups in total. The lowest BCUT2D eigenvalue weighted by atomic mass is 10.1. The lowest BCUT2D eigenvalue weighted by molar-refractivity contribution is -0.130. The minimum atomic E-state index is -0.479. The van der Waals surface area contributed by atoms with E-state index in [4.69, 9.17) is 0 Å². The molecule has 1 fully saturated rings. The number of esters is 1. The molecule has 0 saturated carbocycles. The van der Waals surface area contributed by atoms with Gasteiger partial charge in [-0.05, 0) is 17.7 Å². The van der Waals surface area contributed by atoms with E-state index in [1.54, 1.807) is 24.3 Å². The second-order valence-corrected chi connectivity index (χ2v) is 5.08. The summed E-state index contributed by atoms with van der Waals surface area (Å²) in [6.45, 7) is -0.0876. The largest absolute Gasteiger partial charge is 0.465 e. The van der Waals surface area contributed by atoms with Gasteiger partial charge in [0, 0.05) is 13.6 Å². The van der Waals surface area contributed by atoms with Gasteiger partial charge < -0.3 is 15.0 Å². The quantitative estimate of drug-likeness (QED) is 0.608. The van der Waals surface area contributed by atoms with E-state index in [2.05, 4.69) is 10.1 Å². The second kappa shape index (κ2) is 6.91. The van der Waals surface area contributed by atoms with E-state index in [-0.39, 0.29) is 19.6 Å². The first-order valence-electron chi connectivity index (χ1n) is 6.91. The Morgan fingerprint density at radius 2 is 1.87 bits per heavy atom. The number of nitrogens with zero attached hydrogens (tertiary/aromatic N) is 2. The number of hydrogen-bond acceptors (Lipinski definition) is 5. The highest BCUT2D eigenvalue weighted by Gasteiger charge is 2.34. The van der Waals surface area contributed by atoms with Crippen molar-refractivity contribution in [1.29, 1.82) is 0 Å². The van der Waals surface area contributed by atoms with Crippen molar-refractivity contribution in [2.24, 2.45) is 0 Å². The first-order chi connectivity index (χ1) is 10.9. The number of imide groups is 1. The summed E-state index contributed by atoms with van der Waals surface area (Å²) in [5.74, 6) is -1.26. The van der Waals surface area contributed by atoms with Crippen molar-refractivity contribution in [3.05, 3.63) is 35.4 Å². The maximum atomic E-state index is 11.8. The number of likely N-dealkylation sites (N-methyl/N-ethyl adjacent to an activating group) is 1. The molecule has 1 aliphatic heterocycles. The van der Waals surface area contributed by atoms with E-state index in [0.29, 0.717) is 5.56 Å². The van der Waals surface area contributed by atoms with E-state index in [0.717, 1.165) is 10.5 Å². The van der Waals surface area contributed by atoms with E-state index in [9.17, 15) is 19.2 Å². The molecule has 0 bridgehead atoms. The molecule has 0 atom stereocenters. The Labute approximate surface area is 133 Å². The Kier molecular flexibility index (Phi) is 4.95. The molecule has 1 aromatic rings. The van der Waals surface area contributed by atoms with E-state index < -0.39 is 23.8 Å². The van der Waals surface area contributed by atoms with Gasteiger partial charge in [-0.3, -0.25) is 14.5 Å². The van der Waals surface area contributed by atoms with Crippen molar-refractivity contribution in [2.45, 2.75) is 6.54 Å². The highest BCUT2D eigenvalue weighted by Crippen LogP contribution is 2.08. The van der Waals surface area contributed by atoms with Crippen LogP contribution in [0.25, 0.3) is 0 Å². The fraction of sp³-hybridized carbons (Fsp3) is 0.333. The minimum Gasteiger partial charge on any atom is -0.465 e. The van der Waals surface area contributed by atoms with E-state index in [1.807, 2.05) is 0 Å². The Bertz CT molecular complexity index is 641. The maximum Gasteiger partial charge on any atom is 0.337 e. The molecule has 0 aliphatic carbocycles. The normalized spacial score (nSPS) is 14.2. The standard InChI is InChI=1S/C15H17N3O5/c1-17-9-13(20)18(15(17)22)8-12(19)16-7-10-3-5-11(6-4-10)14(21)23-2/h3-6H,7-9H2,1-2H3,(H,16,19). The van der Waals surface area contributed by atoms with Crippen LogP contribution in [0.1, 0.15) is 15.9 Å².